The van der Waals surface area contributed by atoms with E-state index >= 15 is 0 Å². The van der Waals surface area contributed by atoms with Gasteiger partial charge >= 0.3 is 0 Å². The van der Waals surface area contributed by atoms with Crippen LogP contribution in [0.15, 0.2) is 0 Å². The maximum atomic E-state index is 5.91. The van der Waals surface area contributed by atoms with E-state index in [0.717, 1.165) is 19.0 Å². The van der Waals surface area contributed by atoms with Crippen molar-refractivity contribution in [3.63, 3.8) is 0 Å². The molecule has 0 heterocycles. The maximum absolute atomic E-state index is 5.91. The summed E-state index contributed by atoms with van der Waals surface area (Å²) in [4.78, 5) is 0. The van der Waals surface area contributed by atoms with Crippen LogP contribution in [0, 0.1) is 16.7 Å². The molecule has 3 N–H and O–H groups in total. The number of rotatable bonds is 5. The van der Waals surface area contributed by atoms with Crippen LogP contribution in [-0.2, 0) is 0 Å². The van der Waals surface area contributed by atoms with Crippen LogP contribution < -0.4 is 11.1 Å². The summed E-state index contributed by atoms with van der Waals surface area (Å²) in [6.07, 6.45) is 6.84. The highest BCUT2D eigenvalue weighted by Crippen LogP contribution is 2.51. The van der Waals surface area contributed by atoms with E-state index in [2.05, 4.69) is 19.2 Å². The first-order valence-corrected chi connectivity index (χ1v) is 6.49. The maximum Gasteiger partial charge on any atom is 0.00200 e. The Kier molecular flexibility index (Phi) is 3.09. The molecule has 2 saturated carbocycles. The van der Waals surface area contributed by atoms with Gasteiger partial charge in [-0.15, -0.1) is 0 Å². The summed E-state index contributed by atoms with van der Waals surface area (Å²) in [5, 5.41) is 3.66. The van der Waals surface area contributed by atoms with Crippen LogP contribution in [0.3, 0.4) is 0 Å². The highest BCUT2D eigenvalue weighted by Gasteiger charge is 2.45. The first-order valence-electron chi connectivity index (χ1n) is 6.49. The zero-order chi connectivity index (χ0) is 10.9. The van der Waals surface area contributed by atoms with E-state index in [1.807, 2.05) is 0 Å². The lowest BCUT2D eigenvalue weighted by atomic mass is 9.86. The van der Waals surface area contributed by atoms with Gasteiger partial charge in [0.2, 0.25) is 0 Å². The minimum atomic E-state index is 0.443. The van der Waals surface area contributed by atoms with Crippen molar-refractivity contribution in [2.24, 2.45) is 22.5 Å². The van der Waals surface area contributed by atoms with Gasteiger partial charge in [0, 0.05) is 6.54 Å². The molecule has 2 nitrogen and oxygen atoms in total. The molecule has 15 heavy (non-hydrogen) atoms. The second-order valence-corrected chi connectivity index (χ2v) is 6.43. The highest BCUT2D eigenvalue weighted by atomic mass is 14.9. The van der Waals surface area contributed by atoms with E-state index < -0.39 is 0 Å². The predicted molar refractivity (Wildman–Crippen MR) is 64.7 cm³/mol. The number of hydrogen-bond donors (Lipinski definition) is 2. The quantitative estimate of drug-likeness (QED) is 0.729. The van der Waals surface area contributed by atoms with Crippen LogP contribution in [0.2, 0.25) is 0 Å². The molecular weight excluding hydrogens is 184 g/mol. The molecule has 2 aliphatic carbocycles. The summed E-state index contributed by atoms with van der Waals surface area (Å²) in [7, 11) is 0. The first-order chi connectivity index (χ1) is 7.08. The molecule has 0 amide bonds. The van der Waals surface area contributed by atoms with Crippen molar-refractivity contribution < 1.29 is 0 Å². The minimum Gasteiger partial charge on any atom is -0.330 e. The third kappa shape index (κ3) is 2.54. The van der Waals surface area contributed by atoms with Crippen LogP contribution in [-0.4, -0.2) is 19.6 Å². The molecule has 0 saturated heterocycles. The van der Waals surface area contributed by atoms with Crippen molar-refractivity contribution in [3.05, 3.63) is 0 Å². The standard InChI is InChI=1S/C13H26N2/c1-12(2)7-11(12)8-15-10-13(9-14)5-3-4-6-13/h11,15H,3-10,14H2,1-2H3. The smallest absolute Gasteiger partial charge is 0.00200 e. The number of nitrogens with two attached hydrogens (primary N) is 1. The van der Waals surface area contributed by atoms with Gasteiger partial charge in [0.25, 0.3) is 0 Å². The summed E-state index contributed by atoms with van der Waals surface area (Å²) in [5.41, 5.74) is 6.97. The molecule has 2 heteroatoms. The average Bonchev–Trinajstić information content (AvgIpc) is 2.67. The zero-order valence-electron chi connectivity index (χ0n) is 10.3. The molecule has 0 aromatic rings. The highest BCUT2D eigenvalue weighted by molar-refractivity contribution is 4.97. The fraction of sp³-hybridized carbons (Fsp3) is 1.00. The topological polar surface area (TPSA) is 38.0 Å². The predicted octanol–water partition coefficient (Wildman–Crippen LogP) is 2.14. The van der Waals surface area contributed by atoms with Gasteiger partial charge in [-0.3, -0.25) is 0 Å². The van der Waals surface area contributed by atoms with E-state index in [4.69, 9.17) is 5.73 Å². The molecule has 0 radical (unpaired) electrons. The summed E-state index contributed by atoms with van der Waals surface area (Å²) < 4.78 is 0. The van der Waals surface area contributed by atoms with Crippen LogP contribution in [0.1, 0.15) is 46.0 Å². The molecule has 0 bridgehead atoms. The van der Waals surface area contributed by atoms with Crippen molar-refractivity contribution in [2.75, 3.05) is 19.6 Å². The molecule has 88 valence electrons. The van der Waals surface area contributed by atoms with E-state index in [9.17, 15) is 0 Å². The second kappa shape index (κ2) is 4.06. The molecule has 2 fully saturated rings. The van der Waals surface area contributed by atoms with Crippen molar-refractivity contribution in [1.82, 2.24) is 5.32 Å². The third-order valence-corrected chi connectivity index (χ3v) is 4.71. The normalized spacial score (nSPS) is 31.8. The van der Waals surface area contributed by atoms with Crippen LogP contribution in [0.5, 0.6) is 0 Å². The van der Waals surface area contributed by atoms with Gasteiger partial charge in [-0.2, -0.15) is 0 Å². The van der Waals surface area contributed by atoms with E-state index in [0.29, 0.717) is 10.8 Å². The Balaban J connectivity index is 1.68. The van der Waals surface area contributed by atoms with Gasteiger partial charge in [-0.05, 0) is 49.1 Å². The Morgan fingerprint density at radius 2 is 1.87 bits per heavy atom. The van der Waals surface area contributed by atoms with Crippen LogP contribution in [0.25, 0.3) is 0 Å². The lowest BCUT2D eigenvalue weighted by Gasteiger charge is -2.27. The van der Waals surface area contributed by atoms with Crippen molar-refractivity contribution in [2.45, 2.75) is 46.0 Å². The van der Waals surface area contributed by atoms with Gasteiger partial charge in [0.15, 0.2) is 0 Å². The minimum absolute atomic E-state index is 0.443. The number of hydrogen-bond acceptors (Lipinski definition) is 2. The average molecular weight is 210 g/mol. The fourth-order valence-electron chi connectivity index (χ4n) is 3.01. The van der Waals surface area contributed by atoms with Gasteiger partial charge < -0.3 is 11.1 Å². The Labute approximate surface area is 94.0 Å². The van der Waals surface area contributed by atoms with Crippen molar-refractivity contribution in [1.29, 1.82) is 0 Å². The second-order valence-electron chi connectivity index (χ2n) is 6.43. The Morgan fingerprint density at radius 1 is 1.27 bits per heavy atom. The lowest BCUT2D eigenvalue weighted by Crippen LogP contribution is -2.39. The first kappa shape index (κ1) is 11.4. The Bertz CT molecular complexity index is 217. The van der Waals surface area contributed by atoms with Gasteiger partial charge in [0.1, 0.15) is 0 Å². The Morgan fingerprint density at radius 3 is 2.33 bits per heavy atom. The molecular formula is C13H26N2. The summed E-state index contributed by atoms with van der Waals surface area (Å²) in [6, 6.07) is 0. The molecule has 2 aliphatic rings. The van der Waals surface area contributed by atoms with Crippen LogP contribution >= 0.6 is 0 Å². The lowest BCUT2D eigenvalue weighted by molar-refractivity contribution is 0.287. The van der Waals surface area contributed by atoms with E-state index in [1.54, 1.807) is 0 Å². The van der Waals surface area contributed by atoms with E-state index in [-0.39, 0.29) is 0 Å². The van der Waals surface area contributed by atoms with E-state index in [1.165, 1.54) is 38.6 Å². The van der Waals surface area contributed by atoms with Gasteiger partial charge in [-0.1, -0.05) is 26.7 Å². The summed E-state index contributed by atoms with van der Waals surface area (Å²) in [6.45, 7) is 7.96. The zero-order valence-corrected chi connectivity index (χ0v) is 10.3. The molecule has 0 aromatic heterocycles. The summed E-state index contributed by atoms with van der Waals surface area (Å²) in [5.74, 6) is 0.911. The molecule has 1 unspecified atom stereocenters. The fourth-order valence-corrected chi connectivity index (χ4v) is 3.01. The number of nitrogens with one attached hydrogen (secondary N) is 1. The molecule has 1 atom stereocenters. The Hall–Kier alpha value is -0.0800. The van der Waals surface area contributed by atoms with Crippen LogP contribution in [0.4, 0.5) is 0 Å². The SMILES string of the molecule is CC1(C)CC1CNCC1(CN)CCCC1. The van der Waals surface area contributed by atoms with Crippen molar-refractivity contribution >= 4 is 0 Å². The summed E-state index contributed by atoms with van der Waals surface area (Å²) >= 11 is 0. The monoisotopic (exact) mass is 210 g/mol. The van der Waals surface area contributed by atoms with Gasteiger partial charge in [-0.25, -0.2) is 0 Å². The third-order valence-electron chi connectivity index (χ3n) is 4.71. The molecule has 0 aromatic carbocycles. The molecule has 0 aliphatic heterocycles. The molecule has 0 spiro atoms. The largest absolute Gasteiger partial charge is 0.330 e. The van der Waals surface area contributed by atoms with Gasteiger partial charge in [0.05, 0.1) is 0 Å². The molecule has 2 rings (SSSR count). The van der Waals surface area contributed by atoms with Crippen molar-refractivity contribution in [3.8, 4) is 0 Å².